The molecule has 6 aliphatic rings. The summed E-state index contributed by atoms with van der Waals surface area (Å²) >= 11 is 0. The van der Waals surface area contributed by atoms with Crippen molar-refractivity contribution in [3.05, 3.63) is 289 Å². The third-order valence-electron chi connectivity index (χ3n) is 20.9. The number of ether oxygens (including phenoxy) is 4. The molecule has 532 valence electrons. The standard InChI is InChI=1S/C29H25O2S.C28H23O2S.C19H21O2S.C18H19O2S/c30-29(28-24-14-6-2-10-20(24)21-11-3-7-15-25(21)28)31-26-16-17-27(32-18-8-1-9-19-32)23-13-5-4-12-22(23)26;29-28(27-23-13-5-1-9-19(23)20-10-2-6-14-24(20)27)30-25-15-16-26(31-17-7-8-18-31)22-12-4-3-11-21(22)25;1-14(2)19(20)21-17-10-11-18(22-12-6-3-7-13-22)16-9-5-4-8-15(16)17;1-13(2)18(19)20-16-9-10-17(21-11-5-6-12-21)15-8-4-3-7-14(15)16/h2-7,10-17,28H,1,8-9,18-19H2;1-6,9-16,27H,7-8,17-18H2;4-5,8-11H,1,3,6-7,12-13H2,2H3;3-4,7-10H,1,5-6,11-12H2,2H3/q4*+1. The van der Waals surface area contributed by atoms with Crippen LogP contribution in [-0.4, -0.2) is 69.9 Å². The van der Waals surface area contributed by atoms with Gasteiger partial charge in [-0.1, -0.05) is 183 Å². The zero-order chi connectivity index (χ0) is 72.6. The van der Waals surface area contributed by atoms with Crippen molar-refractivity contribution in [3.8, 4) is 45.3 Å². The molecule has 2 aliphatic carbocycles. The summed E-state index contributed by atoms with van der Waals surface area (Å²) in [5.74, 6) is 10.9. The van der Waals surface area contributed by atoms with Crippen LogP contribution in [0, 0.1) is 0 Å². The quantitative estimate of drug-likeness (QED) is 0.0516. The highest BCUT2D eigenvalue weighted by Gasteiger charge is 2.39. The predicted octanol–water partition coefficient (Wildman–Crippen LogP) is 21.6. The van der Waals surface area contributed by atoms with E-state index in [9.17, 15) is 19.2 Å². The molecule has 12 aromatic rings. The fourth-order valence-corrected chi connectivity index (χ4v) is 25.7. The number of rotatable bonds is 12. The lowest BCUT2D eigenvalue weighted by molar-refractivity contribution is -0.135. The summed E-state index contributed by atoms with van der Waals surface area (Å²) in [6, 6.07) is 82.5. The third kappa shape index (κ3) is 15.3. The molecular weight excluding hydrogens is 1390 g/mol. The van der Waals surface area contributed by atoms with Gasteiger partial charge in [-0.2, -0.15) is 0 Å². The predicted molar refractivity (Wildman–Crippen MR) is 443 cm³/mol. The summed E-state index contributed by atoms with van der Waals surface area (Å²) in [5, 5.41) is 9.01. The van der Waals surface area contributed by atoms with Gasteiger partial charge < -0.3 is 18.9 Å². The van der Waals surface area contributed by atoms with E-state index in [1.165, 1.54) is 151 Å². The lowest BCUT2D eigenvalue weighted by Gasteiger charge is -2.17. The van der Waals surface area contributed by atoms with E-state index in [1.807, 2.05) is 133 Å². The van der Waals surface area contributed by atoms with E-state index in [-0.39, 0.29) is 35.7 Å². The monoisotopic (exact) mass is 1470 g/mol. The molecule has 8 nitrogen and oxygen atoms in total. The molecule has 0 amide bonds. The molecule has 0 bridgehead atoms. The van der Waals surface area contributed by atoms with Gasteiger partial charge in [0.05, 0.1) is 0 Å². The van der Waals surface area contributed by atoms with Crippen LogP contribution < -0.4 is 18.9 Å². The zero-order valence-corrected chi connectivity index (χ0v) is 63.6. The highest BCUT2D eigenvalue weighted by atomic mass is 32.2. The first-order valence-electron chi connectivity index (χ1n) is 37.3. The van der Waals surface area contributed by atoms with Crippen LogP contribution >= 0.6 is 0 Å². The fraction of sp³-hybridized carbons (Fsp3) is 0.234. The Morgan fingerprint density at radius 3 is 0.717 bits per heavy atom. The summed E-state index contributed by atoms with van der Waals surface area (Å²) < 4.78 is 23.2. The highest BCUT2D eigenvalue weighted by molar-refractivity contribution is 7.98. The first-order chi connectivity index (χ1) is 51.9. The Morgan fingerprint density at radius 1 is 0.264 bits per heavy atom. The van der Waals surface area contributed by atoms with Crippen molar-refractivity contribution in [2.24, 2.45) is 0 Å². The Morgan fingerprint density at radius 2 is 0.472 bits per heavy atom. The van der Waals surface area contributed by atoms with E-state index in [4.69, 9.17) is 18.9 Å². The number of carbonyl (C=O) groups excluding carboxylic acids is 4. The van der Waals surface area contributed by atoms with Crippen molar-refractivity contribution in [1.82, 2.24) is 0 Å². The molecular formula is C94H88O8S4+4. The van der Waals surface area contributed by atoms with E-state index in [0.717, 1.165) is 66.1 Å². The largest absolute Gasteiger partial charge is 0.425 e. The van der Waals surface area contributed by atoms with Crippen LogP contribution in [0.25, 0.3) is 65.3 Å². The average Bonchev–Trinajstić information content (AvgIpc) is 1.64. The van der Waals surface area contributed by atoms with Crippen molar-refractivity contribution in [2.45, 2.75) is 109 Å². The number of esters is 4. The number of hydrogen-bond acceptors (Lipinski definition) is 8. The Kier molecular flexibility index (Phi) is 22.5. The van der Waals surface area contributed by atoms with E-state index in [0.29, 0.717) is 77.7 Å². The maximum atomic E-state index is 13.5. The van der Waals surface area contributed by atoms with Crippen LogP contribution in [0.2, 0.25) is 0 Å². The van der Waals surface area contributed by atoms with Crippen LogP contribution in [0.1, 0.15) is 112 Å². The first kappa shape index (κ1) is 72.0. The smallest absolute Gasteiger partial charge is 0.338 e. The van der Waals surface area contributed by atoms with Gasteiger partial charge in [0.1, 0.15) is 80.9 Å². The second kappa shape index (κ2) is 33.1. The lowest BCUT2D eigenvalue weighted by atomic mass is 9.97. The molecule has 4 saturated heterocycles. The van der Waals surface area contributed by atoms with Gasteiger partial charge in [-0.3, -0.25) is 9.59 Å². The molecule has 0 atom stereocenters. The SMILES string of the molecule is C=C(C)C(=O)Oc1ccc([S+]2CCCC2)c2ccccc12.C=C(C)C(=O)Oc1ccc([S+]2CCCCC2)c2ccccc12.O=C(Oc1ccc([S+]2CCCC2)c2ccccc12)C1c2ccccc2-c2ccccc21.O=C(Oc1ccc([S+]2CCCCC2)c2ccccc12)C1c2ccccc2-c2ccccc21. The van der Waals surface area contributed by atoms with Gasteiger partial charge in [0.25, 0.3) is 0 Å². The molecule has 0 N–H and O–H groups in total. The van der Waals surface area contributed by atoms with E-state index >= 15 is 0 Å². The second-order valence-electron chi connectivity index (χ2n) is 28.0. The summed E-state index contributed by atoms with van der Waals surface area (Å²) in [6.45, 7) is 10.6. The maximum absolute atomic E-state index is 13.5. The molecule has 4 fully saturated rings. The molecule has 0 spiro atoms. The molecule has 0 aromatic heterocycles. The molecule has 18 rings (SSSR count). The van der Waals surface area contributed by atoms with Crippen molar-refractivity contribution in [1.29, 1.82) is 0 Å². The molecule has 4 aliphatic heterocycles. The van der Waals surface area contributed by atoms with E-state index < -0.39 is 0 Å². The number of fused-ring (bicyclic) bond motifs is 10. The average molecular weight is 1470 g/mol. The molecule has 4 heterocycles. The van der Waals surface area contributed by atoms with E-state index in [2.05, 4.69) is 122 Å². The van der Waals surface area contributed by atoms with Gasteiger partial charge in [0.15, 0.2) is 19.6 Å². The number of hydrogen-bond donors (Lipinski definition) is 0. The van der Waals surface area contributed by atoms with Gasteiger partial charge in [-0.25, -0.2) is 9.59 Å². The van der Waals surface area contributed by atoms with Crippen LogP contribution in [0.5, 0.6) is 23.0 Å². The second-order valence-corrected chi connectivity index (χ2v) is 36.9. The van der Waals surface area contributed by atoms with Crippen molar-refractivity contribution in [3.63, 3.8) is 0 Å². The number of benzene rings is 12. The van der Waals surface area contributed by atoms with Crippen molar-refractivity contribution >= 4 is 111 Å². The van der Waals surface area contributed by atoms with Crippen molar-refractivity contribution < 1.29 is 38.1 Å². The third-order valence-corrected chi connectivity index (χ3v) is 31.1. The van der Waals surface area contributed by atoms with Gasteiger partial charge in [0, 0.05) is 97.8 Å². The molecule has 106 heavy (non-hydrogen) atoms. The molecule has 12 heteroatoms. The van der Waals surface area contributed by atoms with Gasteiger partial charge in [0.2, 0.25) is 0 Å². The Hall–Kier alpha value is -9.56. The topological polar surface area (TPSA) is 105 Å². The first-order valence-corrected chi connectivity index (χ1v) is 43.5. The normalized spacial score (nSPS) is 15.7. The van der Waals surface area contributed by atoms with Gasteiger partial charge in [-0.05, 0) is 195 Å². The zero-order valence-electron chi connectivity index (χ0n) is 60.3. The van der Waals surface area contributed by atoms with Gasteiger partial charge >= 0.3 is 23.9 Å². The molecule has 12 aromatic carbocycles. The van der Waals surface area contributed by atoms with Crippen LogP contribution in [-0.2, 0) is 62.8 Å². The van der Waals surface area contributed by atoms with Crippen LogP contribution in [0.15, 0.2) is 287 Å². The van der Waals surface area contributed by atoms with E-state index in [1.54, 1.807) is 13.8 Å². The summed E-state index contributed by atoms with van der Waals surface area (Å²) in [6.07, 6.45) is 13.3. The highest BCUT2D eigenvalue weighted by Crippen LogP contribution is 2.48. The van der Waals surface area contributed by atoms with Crippen LogP contribution in [0.4, 0.5) is 0 Å². The molecule has 0 unspecified atom stereocenters. The minimum absolute atomic E-state index is 0.208. The van der Waals surface area contributed by atoms with Crippen molar-refractivity contribution in [2.75, 3.05) is 46.0 Å². The summed E-state index contributed by atoms with van der Waals surface area (Å²) in [7, 11) is 1.28. The summed E-state index contributed by atoms with van der Waals surface area (Å²) in [5.41, 5.74) is 9.47. The Bertz CT molecular complexity index is 5240. The van der Waals surface area contributed by atoms with Gasteiger partial charge in [-0.15, -0.1) is 0 Å². The Labute approximate surface area is 634 Å². The molecule has 0 radical (unpaired) electrons. The van der Waals surface area contributed by atoms with Crippen LogP contribution in [0.3, 0.4) is 0 Å². The minimum Gasteiger partial charge on any atom is -0.425 e. The minimum atomic E-state index is -0.388. The lowest BCUT2D eigenvalue weighted by Crippen LogP contribution is -2.19. The molecule has 0 saturated carbocycles. The fourth-order valence-electron chi connectivity index (χ4n) is 15.7. The number of carbonyl (C=O) groups is 4. The Balaban J connectivity index is 0.000000115. The maximum Gasteiger partial charge on any atom is 0.338 e. The summed E-state index contributed by atoms with van der Waals surface area (Å²) in [4.78, 5) is 56.3.